The van der Waals surface area contributed by atoms with Crippen molar-refractivity contribution in [3.05, 3.63) is 40.6 Å². The van der Waals surface area contributed by atoms with Gasteiger partial charge in [-0.15, -0.1) is 0 Å². The molecule has 0 saturated heterocycles. The van der Waals surface area contributed by atoms with Crippen molar-refractivity contribution in [3.8, 4) is 11.5 Å². The third kappa shape index (κ3) is 3.48. The zero-order valence-electron chi connectivity index (χ0n) is 13.3. The van der Waals surface area contributed by atoms with Crippen LogP contribution in [0.2, 0.25) is 5.15 Å². The van der Waals surface area contributed by atoms with Gasteiger partial charge in [0.1, 0.15) is 22.5 Å². The Morgan fingerprint density at radius 1 is 1.17 bits per heavy atom. The molecule has 0 aliphatic heterocycles. The van der Waals surface area contributed by atoms with Crippen molar-refractivity contribution >= 4 is 28.9 Å². The summed E-state index contributed by atoms with van der Waals surface area (Å²) in [4.78, 5) is 7.88. The summed E-state index contributed by atoms with van der Waals surface area (Å²) in [7, 11) is 3.19. The van der Waals surface area contributed by atoms with Crippen LogP contribution in [0.15, 0.2) is 18.7 Å². The molecule has 2 rings (SSSR count). The van der Waals surface area contributed by atoms with E-state index < -0.39 is 0 Å². The number of ether oxygens (including phenoxy) is 2. The molecule has 0 aliphatic rings. The van der Waals surface area contributed by atoms with E-state index in [1.807, 2.05) is 19.1 Å². The van der Waals surface area contributed by atoms with Gasteiger partial charge in [0, 0.05) is 12.0 Å². The summed E-state index contributed by atoms with van der Waals surface area (Å²) >= 11 is 6.13. The Bertz CT molecular complexity index is 714. The molecule has 0 amide bonds. The van der Waals surface area contributed by atoms with Crippen LogP contribution in [0, 0.1) is 0 Å². The summed E-state index contributed by atoms with van der Waals surface area (Å²) < 4.78 is 10.9. The van der Waals surface area contributed by atoms with Crippen LogP contribution in [0.5, 0.6) is 11.5 Å². The Morgan fingerprint density at radius 2 is 1.74 bits per heavy atom. The Morgan fingerprint density at radius 3 is 2.17 bits per heavy atom. The van der Waals surface area contributed by atoms with Gasteiger partial charge in [-0.25, -0.2) is 4.98 Å². The van der Waals surface area contributed by atoms with Crippen molar-refractivity contribution < 1.29 is 9.47 Å². The van der Waals surface area contributed by atoms with Crippen LogP contribution in [0.25, 0.3) is 5.57 Å². The quantitative estimate of drug-likeness (QED) is 0.816. The third-order valence-corrected chi connectivity index (χ3v) is 3.69. The van der Waals surface area contributed by atoms with Gasteiger partial charge in [-0.1, -0.05) is 18.2 Å². The molecule has 1 heterocycles. The van der Waals surface area contributed by atoms with Crippen LogP contribution >= 0.6 is 11.6 Å². The van der Waals surface area contributed by atoms with E-state index in [2.05, 4.69) is 16.5 Å². The van der Waals surface area contributed by atoms with Crippen LogP contribution in [0.3, 0.4) is 0 Å². The Labute approximate surface area is 140 Å². The highest BCUT2D eigenvalue weighted by atomic mass is 35.5. The van der Waals surface area contributed by atoms with Gasteiger partial charge in [0.2, 0.25) is 5.95 Å². The van der Waals surface area contributed by atoms with Crippen LogP contribution in [0.4, 0.5) is 11.8 Å². The molecule has 1 aromatic heterocycles. The number of hydrogen-bond acceptors (Lipinski definition) is 6. The molecule has 6 nitrogen and oxygen atoms in total. The van der Waals surface area contributed by atoms with Gasteiger partial charge >= 0.3 is 0 Å². The molecule has 7 heteroatoms. The van der Waals surface area contributed by atoms with Crippen LogP contribution in [0.1, 0.15) is 23.6 Å². The van der Waals surface area contributed by atoms with Crippen LogP contribution in [-0.2, 0) is 6.42 Å². The van der Waals surface area contributed by atoms with Gasteiger partial charge < -0.3 is 20.9 Å². The number of nitrogens with zero attached hydrogens (tertiary/aromatic N) is 2. The predicted molar refractivity (Wildman–Crippen MR) is 92.9 cm³/mol. The molecule has 0 bridgehead atoms. The van der Waals surface area contributed by atoms with Crippen molar-refractivity contribution in [3.63, 3.8) is 0 Å². The van der Waals surface area contributed by atoms with E-state index >= 15 is 0 Å². The molecule has 0 aliphatic carbocycles. The number of methoxy groups -OCH3 is 2. The molecular formula is C16H19ClN4O2. The minimum atomic E-state index is 0.0454. The Balaban J connectivity index is 2.51. The van der Waals surface area contributed by atoms with Gasteiger partial charge in [-0.3, -0.25) is 0 Å². The van der Waals surface area contributed by atoms with E-state index in [-0.39, 0.29) is 16.9 Å². The molecule has 2 aromatic rings. The smallest absolute Gasteiger partial charge is 0.223 e. The third-order valence-electron chi connectivity index (χ3n) is 3.38. The van der Waals surface area contributed by atoms with E-state index in [9.17, 15) is 0 Å². The maximum absolute atomic E-state index is 6.13. The maximum Gasteiger partial charge on any atom is 0.223 e. The molecule has 0 saturated carbocycles. The van der Waals surface area contributed by atoms with E-state index in [0.717, 1.165) is 16.7 Å². The largest absolute Gasteiger partial charge is 0.496 e. The van der Waals surface area contributed by atoms with Crippen LogP contribution in [-0.4, -0.2) is 24.2 Å². The lowest BCUT2D eigenvalue weighted by Crippen LogP contribution is -2.06. The topological polar surface area (TPSA) is 96.3 Å². The lowest BCUT2D eigenvalue weighted by Gasteiger charge is -2.16. The lowest BCUT2D eigenvalue weighted by molar-refractivity contribution is 0.391. The second kappa shape index (κ2) is 6.75. The average Bonchev–Trinajstić information content (AvgIpc) is 2.49. The van der Waals surface area contributed by atoms with E-state index in [1.54, 1.807) is 14.2 Å². The zero-order valence-corrected chi connectivity index (χ0v) is 14.1. The molecule has 1 aromatic carbocycles. The number of hydrogen-bond donors (Lipinski definition) is 2. The van der Waals surface area contributed by atoms with Gasteiger partial charge in [0.25, 0.3) is 0 Å². The van der Waals surface area contributed by atoms with Gasteiger partial charge in [-0.2, -0.15) is 4.98 Å². The molecule has 0 atom stereocenters. The highest BCUT2D eigenvalue weighted by Crippen LogP contribution is 2.36. The van der Waals surface area contributed by atoms with Crippen molar-refractivity contribution in [2.45, 2.75) is 13.3 Å². The van der Waals surface area contributed by atoms with Crippen molar-refractivity contribution in [1.82, 2.24) is 9.97 Å². The minimum Gasteiger partial charge on any atom is -0.496 e. The monoisotopic (exact) mass is 334 g/mol. The molecule has 0 radical (unpaired) electrons. The van der Waals surface area contributed by atoms with E-state index in [0.29, 0.717) is 23.5 Å². The summed E-state index contributed by atoms with van der Waals surface area (Å²) in [6, 6.07) is 3.78. The molecule has 0 unspecified atom stereocenters. The number of nitrogen functional groups attached to an aromatic ring is 2. The summed E-state index contributed by atoms with van der Waals surface area (Å²) in [5, 5.41) is 0.233. The minimum absolute atomic E-state index is 0.0454. The van der Waals surface area contributed by atoms with Crippen molar-refractivity contribution in [2.24, 2.45) is 0 Å². The van der Waals surface area contributed by atoms with E-state index in [1.165, 1.54) is 0 Å². The molecule has 0 spiro atoms. The molecule has 4 N–H and O–H groups in total. The number of nitrogens with two attached hydrogens (primary N) is 2. The molecule has 0 fully saturated rings. The Hall–Kier alpha value is -2.47. The number of aromatic nitrogens is 2. The molecule has 23 heavy (non-hydrogen) atoms. The fourth-order valence-corrected chi connectivity index (χ4v) is 2.60. The fourth-order valence-electron chi connectivity index (χ4n) is 2.35. The number of benzene rings is 1. The average molecular weight is 335 g/mol. The normalized spacial score (nSPS) is 10.4. The predicted octanol–water partition coefficient (Wildman–Crippen LogP) is 2.94. The molecular weight excluding hydrogens is 316 g/mol. The number of anilines is 2. The molecule has 122 valence electrons. The second-order valence-electron chi connectivity index (χ2n) is 5.07. The highest BCUT2D eigenvalue weighted by molar-refractivity contribution is 6.30. The zero-order chi connectivity index (χ0) is 17.1. The highest BCUT2D eigenvalue weighted by Gasteiger charge is 2.16. The van der Waals surface area contributed by atoms with Gasteiger partial charge in [0.15, 0.2) is 0 Å². The Kier molecular flexibility index (Phi) is 4.95. The maximum atomic E-state index is 6.13. The summed E-state index contributed by atoms with van der Waals surface area (Å²) in [5.41, 5.74) is 14.6. The first-order chi connectivity index (χ1) is 10.9. The number of allylic oxidation sites excluding steroid dienone is 1. The summed E-state index contributed by atoms with van der Waals surface area (Å²) in [6.07, 6.45) is 0.425. The fraction of sp³-hybridized carbons (Fsp3) is 0.250. The first-order valence-electron chi connectivity index (χ1n) is 6.85. The van der Waals surface area contributed by atoms with E-state index in [4.69, 9.17) is 32.5 Å². The standard InChI is InChI=1S/C16H19ClN4O2/c1-8(2)13-11(22-3)6-9(7-12(13)23-4)5-10-14(17)20-16(19)21-15(10)18/h6-7H,1,5H2,2-4H3,(H4,18,19,20,21). The lowest BCUT2D eigenvalue weighted by atomic mass is 10.00. The van der Waals surface area contributed by atoms with Crippen molar-refractivity contribution in [2.75, 3.05) is 25.7 Å². The van der Waals surface area contributed by atoms with Gasteiger partial charge in [0.05, 0.1) is 19.8 Å². The summed E-state index contributed by atoms with van der Waals surface area (Å²) in [5.74, 6) is 1.63. The number of rotatable bonds is 5. The van der Waals surface area contributed by atoms with Crippen LogP contribution < -0.4 is 20.9 Å². The second-order valence-corrected chi connectivity index (χ2v) is 5.43. The summed E-state index contributed by atoms with van der Waals surface area (Å²) in [6.45, 7) is 5.85. The SMILES string of the molecule is C=C(C)c1c(OC)cc(Cc2c(N)nc(N)nc2Cl)cc1OC. The van der Waals surface area contributed by atoms with Gasteiger partial charge in [-0.05, 0) is 30.2 Å². The first-order valence-corrected chi connectivity index (χ1v) is 7.23. The number of halogens is 1. The first kappa shape index (κ1) is 16.9. The van der Waals surface area contributed by atoms with Crippen molar-refractivity contribution in [1.29, 1.82) is 0 Å².